The van der Waals surface area contributed by atoms with Gasteiger partial charge in [-0.15, -0.1) is 0 Å². The van der Waals surface area contributed by atoms with Crippen LogP contribution in [0.5, 0.6) is 11.5 Å². The standard InChI is InChI=1S/C25H29N3O4/c1-17-7-4-8-20-24(17)26-16-27(25(20)30)13-6-10-23(29)28-14-5-9-21(28)19-12-11-18(31-2)15-22(19)32-3/h4,7-8,11-12,15-16,21H,5-6,9-10,13-14H2,1-3H3. The van der Waals surface area contributed by atoms with Crippen molar-refractivity contribution >= 4 is 16.8 Å². The molecular formula is C25H29N3O4. The van der Waals surface area contributed by atoms with E-state index in [1.165, 1.54) is 0 Å². The van der Waals surface area contributed by atoms with Gasteiger partial charge < -0.3 is 14.4 Å². The van der Waals surface area contributed by atoms with Crippen molar-refractivity contribution in [1.82, 2.24) is 14.5 Å². The van der Waals surface area contributed by atoms with E-state index in [0.717, 1.165) is 47.5 Å². The molecule has 0 aliphatic carbocycles. The normalized spacial score (nSPS) is 15.8. The van der Waals surface area contributed by atoms with Gasteiger partial charge in [0.15, 0.2) is 0 Å². The van der Waals surface area contributed by atoms with E-state index >= 15 is 0 Å². The van der Waals surface area contributed by atoms with Gasteiger partial charge in [0.05, 0.1) is 37.5 Å². The Morgan fingerprint density at radius 3 is 2.81 bits per heavy atom. The average molecular weight is 436 g/mol. The molecule has 1 unspecified atom stereocenters. The van der Waals surface area contributed by atoms with Crippen molar-refractivity contribution in [2.45, 2.75) is 45.2 Å². The number of aryl methyl sites for hydroxylation is 2. The fourth-order valence-electron chi connectivity index (χ4n) is 4.52. The third-order valence-corrected chi connectivity index (χ3v) is 6.22. The van der Waals surface area contributed by atoms with Crippen LogP contribution >= 0.6 is 0 Å². The lowest BCUT2D eigenvalue weighted by molar-refractivity contribution is -0.132. The molecule has 1 aromatic heterocycles. The van der Waals surface area contributed by atoms with Crippen molar-refractivity contribution in [1.29, 1.82) is 0 Å². The first-order valence-electron chi connectivity index (χ1n) is 11.0. The van der Waals surface area contributed by atoms with Gasteiger partial charge in [0.25, 0.3) is 5.56 Å². The predicted octanol–water partition coefficient (Wildman–Crippen LogP) is 3.87. The monoisotopic (exact) mass is 435 g/mol. The van der Waals surface area contributed by atoms with Gasteiger partial charge in [-0.05, 0) is 49.9 Å². The molecule has 0 saturated carbocycles. The molecule has 7 heteroatoms. The second kappa shape index (κ2) is 9.42. The Morgan fingerprint density at radius 1 is 1.19 bits per heavy atom. The quantitative estimate of drug-likeness (QED) is 0.563. The van der Waals surface area contributed by atoms with Crippen LogP contribution in [-0.2, 0) is 11.3 Å². The highest BCUT2D eigenvalue weighted by atomic mass is 16.5. The summed E-state index contributed by atoms with van der Waals surface area (Å²) in [4.78, 5) is 32.2. The second-order valence-corrected chi connectivity index (χ2v) is 8.17. The summed E-state index contributed by atoms with van der Waals surface area (Å²) in [6, 6.07) is 11.4. The number of para-hydroxylation sites is 1. The summed E-state index contributed by atoms with van der Waals surface area (Å²) in [6.45, 7) is 3.14. The van der Waals surface area contributed by atoms with Crippen LogP contribution in [0.25, 0.3) is 10.9 Å². The lowest BCUT2D eigenvalue weighted by Gasteiger charge is -2.26. The molecule has 0 spiro atoms. The number of carbonyl (C=O) groups excluding carboxylic acids is 1. The molecule has 32 heavy (non-hydrogen) atoms. The first kappa shape index (κ1) is 21.9. The maximum absolute atomic E-state index is 13.0. The Kier molecular flexibility index (Phi) is 6.44. The molecule has 0 radical (unpaired) electrons. The number of fused-ring (bicyclic) bond motifs is 1. The molecule has 4 rings (SSSR count). The van der Waals surface area contributed by atoms with Gasteiger partial charge in [0.1, 0.15) is 11.5 Å². The van der Waals surface area contributed by atoms with Gasteiger partial charge in [0, 0.05) is 31.1 Å². The first-order chi connectivity index (χ1) is 15.5. The van der Waals surface area contributed by atoms with Gasteiger partial charge in [0.2, 0.25) is 5.91 Å². The van der Waals surface area contributed by atoms with Crippen LogP contribution < -0.4 is 15.0 Å². The Morgan fingerprint density at radius 2 is 2.03 bits per heavy atom. The minimum absolute atomic E-state index is 0.00334. The smallest absolute Gasteiger partial charge is 0.261 e. The van der Waals surface area contributed by atoms with Crippen LogP contribution in [0.1, 0.15) is 42.9 Å². The zero-order chi connectivity index (χ0) is 22.7. The molecule has 0 N–H and O–H groups in total. The summed E-state index contributed by atoms with van der Waals surface area (Å²) < 4.78 is 12.5. The largest absolute Gasteiger partial charge is 0.497 e. The zero-order valence-electron chi connectivity index (χ0n) is 18.8. The third-order valence-electron chi connectivity index (χ3n) is 6.22. The molecule has 1 atom stereocenters. The van der Waals surface area contributed by atoms with Crippen molar-refractivity contribution < 1.29 is 14.3 Å². The van der Waals surface area contributed by atoms with E-state index in [4.69, 9.17) is 9.47 Å². The summed E-state index contributed by atoms with van der Waals surface area (Å²) in [5.41, 5.74) is 2.66. The third kappa shape index (κ3) is 4.20. The van der Waals surface area contributed by atoms with Crippen molar-refractivity contribution in [3.63, 3.8) is 0 Å². The molecule has 1 amide bonds. The van der Waals surface area contributed by atoms with Crippen molar-refractivity contribution in [3.05, 3.63) is 64.2 Å². The van der Waals surface area contributed by atoms with Crippen LogP contribution in [0, 0.1) is 6.92 Å². The predicted molar refractivity (Wildman–Crippen MR) is 123 cm³/mol. The van der Waals surface area contributed by atoms with Crippen LogP contribution in [0.15, 0.2) is 47.5 Å². The van der Waals surface area contributed by atoms with E-state index in [0.29, 0.717) is 24.8 Å². The molecule has 1 aliphatic rings. The number of carbonyl (C=O) groups is 1. The second-order valence-electron chi connectivity index (χ2n) is 8.17. The van der Waals surface area contributed by atoms with Gasteiger partial charge in [-0.3, -0.25) is 14.2 Å². The van der Waals surface area contributed by atoms with Crippen LogP contribution in [0.3, 0.4) is 0 Å². The lowest BCUT2D eigenvalue weighted by Crippen LogP contribution is -2.31. The van der Waals surface area contributed by atoms with E-state index in [9.17, 15) is 9.59 Å². The number of nitrogens with zero attached hydrogens (tertiary/aromatic N) is 3. The van der Waals surface area contributed by atoms with Crippen LogP contribution in [0.2, 0.25) is 0 Å². The fourth-order valence-corrected chi connectivity index (χ4v) is 4.52. The van der Waals surface area contributed by atoms with E-state index in [-0.39, 0.29) is 17.5 Å². The minimum Gasteiger partial charge on any atom is -0.497 e. The van der Waals surface area contributed by atoms with Crippen molar-refractivity contribution in [2.75, 3.05) is 20.8 Å². The maximum atomic E-state index is 13.0. The van der Waals surface area contributed by atoms with Crippen LogP contribution in [0.4, 0.5) is 0 Å². The number of ether oxygens (including phenoxy) is 2. The van der Waals surface area contributed by atoms with Crippen LogP contribution in [-0.4, -0.2) is 41.1 Å². The Labute approximate surface area is 187 Å². The average Bonchev–Trinajstić information content (AvgIpc) is 3.30. The minimum atomic E-state index is -0.0619. The molecule has 7 nitrogen and oxygen atoms in total. The highest BCUT2D eigenvalue weighted by Gasteiger charge is 2.31. The first-order valence-corrected chi connectivity index (χ1v) is 11.0. The molecule has 168 valence electrons. The Bertz CT molecular complexity index is 1190. The number of likely N-dealkylation sites (tertiary alicyclic amines) is 1. The number of hydrogen-bond acceptors (Lipinski definition) is 5. The summed E-state index contributed by atoms with van der Waals surface area (Å²) in [5, 5.41) is 0.616. The zero-order valence-corrected chi connectivity index (χ0v) is 18.8. The van der Waals surface area contributed by atoms with Gasteiger partial charge >= 0.3 is 0 Å². The molecule has 1 aliphatic heterocycles. The number of rotatable bonds is 7. The van der Waals surface area contributed by atoms with Crippen molar-refractivity contribution in [3.8, 4) is 11.5 Å². The molecule has 2 heterocycles. The van der Waals surface area contributed by atoms with Gasteiger partial charge in [-0.1, -0.05) is 12.1 Å². The number of methoxy groups -OCH3 is 2. The number of amides is 1. The number of aromatic nitrogens is 2. The summed E-state index contributed by atoms with van der Waals surface area (Å²) in [6.07, 6.45) is 4.41. The molecular weight excluding hydrogens is 406 g/mol. The molecule has 1 fully saturated rings. The lowest BCUT2D eigenvalue weighted by atomic mass is 10.0. The van der Waals surface area contributed by atoms with E-state index in [1.807, 2.05) is 42.2 Å². The van der Waals surface area contributed by atoms with E-state index in [2.05, 4.69) is 4.98 Å². The molecule has 1 saturated heterocycles. The summed E-state index contributed by atoms with van der Waals surface area (Å²) >= 11 is 0. The van der Waals surface area contributed by atoms with E-state index in [1.54, 1.807) is 31.2 Å². The van der Waals surface area contributed by atoms with E-state index < -0.39 is 0 Å². The van der Waals surface area contributed by atoms with Gasteiger partial charge in [-0.2, -0.15) is 0 Å². The Hall–Kier alpha value is -3.35. The fraction of sp³-hybridized carbons (Fsp3) is 0.400. The molecule has 3 aromatic rings. The SMILES string of the molecule is COc1ccc(C2CCCN2C(=O)CCCn2cnc3c(C)cccc3c2=O)c(OC)c1. The maximum Gasteiger partial charge on any atom is 0.261 e. The Balaban J connectivity index is 1.44. The van der Waals surface area contributed by atoms with Crippen molar-refractivity contribution in [2.24, 2.45) is 0 Å². The topological polar surface area (TPSA) is 73.7 Å². The number of benzene rings is 2. The number of hydrogen-bond donors (Lipinski definition) is 0. The summed E-state index contributed by atoms with van der Waals surface area (Å²) in [5.74, 6) is 1.56. The van der Waals surface area contributed by atoms with Gasteiger partial charge in [-0.25, -0.2) is 4.98 Å². The molecule has 2 aromatic carbocycles. The highest BCUT2D eigenvalue weighted by molar-refractivity contribution is 5.80. The highest BCUT2D eigenvalue weighted by Crippen LogP contribution is 2.39. The molecule has 0 bridgehead atoms. The summed E-state index contributed by atoms with van der Waals surface area (Å²) in [7, 11) is 3.26.